The van der Waals surface area contributed by atoms with Crippen molar-refractivity contribution in [2.45, 2.75) is 175 Å². The number of aliphatic imine (C=N–C) groups is 3. The number of aromatic nitrogens is 4. The van der Waals surface area contributed by atoms with Gasteiger partial charge in [-0.05, 0) is 88.0 Å². The number of fused-ring (bicyclic) bond motifs is 7. The number of carbonyl (C=O) groups is 7. The Hall–Kier alpha value is -6.83. The first-order valence-corrected chi connectivity index (χ1v) is 31.2. The van der Waals surface area contributed by atoms with Gasteiger partial charge in [0, 0.05) is 109 Å². The summed E-state index contributed by atoms with van der Waals surface area (Å²) >= 11 is 0. The van der Waals surface area contributed by atoms with E-state index in [0.717, 1.165) is 0 Å². The Morgan fingerprint density at radius 1 is 0.758 bits per heavy atom. The molecule has 2 aromatic rings. The van der Waals surface area contributed by atoms with Crippen molar-refractivity contribution < 1.29 is 83.4 Å². The maximum atomic E-state index is 13.9. The van der Waals surface area contributed by atoms with Gasteiger partial charge in [0.1, 0.15) is 17.9 Å². The van der Waals surface area contributed by atoms with Gasteiger partial charge in [0.25, 0.3) is 0 Å². The van der Waals surface area contributed by atoms with Gasteiger partial charge in [0.2, 0.25) is 47.1 Å². The molecule has 0 radical (unpaired) electrons. The first-order valence-electron chi connectivity index (χ1n) is 29.7. The van der Waals surface area contributed by atoms with Gasteiger partial charge in [-0.1, -0.05) is 40.7 Å². The zero-order valence-electron chi connectivity index (χ0n) is 52.8. The number of aliphatic hydroxyl groups excluding tert-OH is 2. The molecule has 9 rings (SSSR count). The molecule has 3 saturated heterocycles. The minimum Gasteiger partial charge on any atom is -0.682 e. The van der Waals surface area contributed by atoms with E-state index in [-0.39, 0.29) is 99.8 Å². The van der Waals surface area contributed by atoms with E-state index in [9.17, 15) is 48.3 Å². The largest absolute Gasteiger partial charge is 3.00 e. The Bertz CT molecular complexity index is 3540. The topological polar surface area (TPSA) is 503 Å². The van der Waals surface area contributed by atoms with Crippen LogP contribution in [0.3, 0.4) is 0 Å². The molecule has 8 bridgehead atoms. The number of allylic oxidation sites excluding steroid dienone is 6. The van der Waals surface area contributed by atoms with E-state index in [1.165, 1.54) is 31.3 Å². The summed E-state index contributed by atoms with van der Waals surface area (Å²) < 4.78 is 34.9. The van der Waals surface area contributed by atoms with E-state index in [1.54, 1.807) is 6.92 Å². The molecule has 0 spiro atoms. The number of nitrogens with one attached hydrogen (secondary N) is 1. The average molecular weight is 1330 g/mol. The van der Waals surface area contributed by atoms with Gasteiger partial charge >= 0.3 is 24.6 Å². The molecule has 13 unspecified atom stereocenters. The van der Waals surface area contributed by atoms with Crippen molar-refractivity contribution in [3.63, 3.8) is 0 Å². The average Bonchev–Trinajstić information content (AvgIpc) is 1.54. The fourth-order valence-corrected chi connectivity index (χ4v) is 16.1. The number of anilines is 1. The molecule has 0 aromatic carbocycles. The predicted molar refractivity (Wildman–Crippen MR) is 329 cm³/mol. The van der Waals surface area contributed by atoms with Gasteiger partial charge in [0.05, 0.1) is 30.2 Å². The number of phosphoric acid groups is 1. The second-order valence-electron chi connectivity index (χ2n) is 26.3. The summed E-state index contributed by atoms with van der Waals surface area (Å²) in [4.78, 5) is 120. The molecule has 7 aliphatic heterocycles. The number of amides is 7. The van der Waals surface area contributed by atoms with Gasteiger partial charge < -0.3 is 72.6 Å². The molecule has 91 heavy (non-hydrogen) atoms. The number of nitrogens with zero attached hydrogens (tertiary/aromatic N) is 8. The smallest absolute Gasteiger partial charge is 0.682 e. The summed E-state index contributed by atoms with van der Waals surface area (Å²) in [5.74, 6) is -7.95. The van der Waals surface area contributed by atoms with E-state index in [4.69, 9.17) is 78.7 Å². The van der Waals surface area contributed by atoms with Crippen LogP contribution in [-0.4, -0.2) is 138 Å². The standard InChI is InChI=1S/C49H74N11O11P.C10H12N5O3.Co/c1-24-39-27(12-15-33(51)62)44(3,4)31(58-39)20-30-26(11-14-32(50)61)46(6,21-36(54)65)42(57-30)25(2)40-28(13-16-34(52)63)47(7,22-37(55)66)49(9,60-40)43-29(19-35(53)64)45(5,41(24)59-43)18-17-38(67)56-23-48(8)70-72(68,69-10)71-48;1-4-6(16)7(17)10(18-4)15-3-14-5-8(11)12-2-13-9(5)15;/h20,26-29,43H,11-19,21-23H2,1-10H3,(H14,50,51,52,53,54,55,56,57,58,59,60,61,62,63,64,65,66,67);2-4,6-7,10,16-17H,1H2,(H2,11,12,13);/q;-1;+3/p-1. The van der Waals surface area contributed by atoms with E-state index < -0.39 is 136 Å². The zero-order chi connectivity index (χ0) is 66.8. The zero-order valence-corrected chi connectivity index (χ0v) is 54.7. The van der Waals surface area contributed by atoms with Gasteiger partial charge in [-0.3, -0.25) is 66.7 Å². The molecule has 498 valence electrons. The molecule has 13 atom stereocenters. The van der Waals surface area contributed by atoms with E-state index in [0.29, 0.717) is 56.5 Å². The second-order valence-corrected chi connectivity index (χ2v) is 27.9. The van der Waals surface area contributed by atoms with Crippen LogP contribution < -0.4 is 45.5 Å². The molecule has 9 heterocycles. The number of primary amides is 6. The van der Waals surface area contributed by atoms with Crippen molar-refractivity contribution in [2.75, 3.05) is 19.4 Å². The van der Waals surface area contributed by atoms with Gasteiger partial charge in [-0.2, -0.15) is 5.70 Å². The Balaban J connectivity index is 0.000000525. The second kappa shape index (κ2) is 26.3. The summed E-state index contributed by atoms with van der Waals surface area (Å²) in [5.41, 5.74) is 40.6. The van der Waals surface area contributed by atoms with Crippen molar-refractivity contribution in [3.05, 3.63) is 59.2 Å². The van der Waals surface area contributed by atoms with E-state index >= 15 is 0 Å². The van der Waals surface area contributed by atoms with Crippen LogP contribution in [0, 0.1) is 52.3 Å². The third-order valence-corrected chi connectivity index (χ3v) is 21.5. The summed E-state index contributed by atoms with van der Waals surface area (Å²) in [7, 11) is -2.56. The number of phosphoric ester groups is 1. The molecule has 7 aliphatic rings. The quantitative estimate of drug-likeness (QED) is 0.0598. The normalized spacial score (nSPS) is 36.6. The van der Waals surface area contributed by atoms with Crippen LogP contribution in [0.15, 0.2) is 61.9 Å². The number of nitrogen functional groups attached to an aromatic ring is 1. The first-order chi connectivity index (χ1) is 41.8. The van der Waals surface area contributed by atoms with Gasteiger partial charge in [-0.25, -0.2) is 19.5 Å². The van der Waals surface area contributed by atoms with E-state index in [1.807, 2.05) is 54.5 Å². The number of imidazole rings is 1. The molecule has 32 heteroatoms. The molecular weight excluding hydrogens is 1250 g/mol. The minimum absolute atomic E-state index is 0. The number of carbonyl (C=O) groups excluding carboxylic acids is 7. The summed E-state index contributed by atoms with van der Waals surface area (Å²) in [5, 5.41) is 27.9. The van der Waals surface area contributed by atoms with Crippen LogP contribution in [-0.2, 0) is 73.2 Å². The molecule has 3 fully saturated rings. The monoisotopic (exact) mass is 1330 g/mol. The van der Waals surface area contributed by atoms with Crippen molar-refractivity contribution in [1.29, 1.82) is 0 Å². The summed E-state index contributed by atoms with van der Waals surface area (Å²) in [6.07, 6.45) is 0.511. The molecule has 30 nitrogen and oxygen atoms in total. The number of ether oxygens (including phenoxy) is 1. The van der Waals surface area contributed by atoms with Crippen LogP contribution in [0.1, 0.15) is 139 Å². The third-order valence-electron chi connectivity index (χ3n) is 19.8. The Morgan fingerprint density at radius 2 is 1.35 bits per heavy atom. The van der Waals surface area contributed by atoms with E-state index in [2.05, 4.69) is 27.2 Å². The van der Waals surface area contributed by atoms with Crippen molar-refractivity contribution >= 4 is 83.3 Å². The maximum Gasteiger partial charge on any atom is 3.00 e. The van der Waals surface area contributed by atoms with Gasteiger partial charge in [-0.15, -0.1) is 0 Å². The van der Waals surface area contributed by atoms with Crippen LogP contribution in [0.5, 0.6) is 0 Å². The number of hydrogen-bond donors (Lipinski definition) is 10. The molecule has 17 N–H and O–H groups in total. The Labute approximate surface area is 537 Å². The summed E-state index contributed by atoms with van der Waals surface area (Å²) in [6.45, 7) is 20.0. The number of hydrogen-bond acceptors (Lipinski definition) is 21. The number of aliphatic hydroxyl groups is 2. The van der Waals surface area contributed by atoms with Crippen LogP contribution >= 0.6 is 7.82 Å². The van der Waals surface area contributed by atoms with Crippen molar-refractivity contribution in [1.82, 2.24) is 24.8 Å². The van der Waals surface area contributed by atoms with Crippen molar-refractivity contribution in [3.8, 4) is 0 Å². The SMILES string of the molecule is COP1(=O)OC(C)(CNC(=O)CCC2(C)/C3=C(\C)C4=N/C(=C\C5=NC(=C(/C)C6=NC(C)(C([N-]3)C2CC(N)=O)C(C)(CC(N)=O)C6CCC(N)=O)/C(C)(CC(N)=O)C5CCC(N)=O)C(C)(C)C4CCC(N)=O)O1.[CH2-]C1OC(n2cnc3c(N)ncnc32)C(O)C1O.[Co+3]. The number of rotatable bonds is 22. The Morgan fingerprint density at radius 3 is 1.90 bits per heavy atom. The third kappa shape index (κ3) is 13.4. The number of nitrogens with two attached hydrogens (primary N) is 7. The van der Waals surface area contributed by atoms with Crippen LogP contribution in [0.25, 0.3) is 16.5 Å². The minimum atomic E-state index is -3.74. The molecule has 2 aromatic heterocycles. The predicted octanol–water partition coefficient (Wildman–Crippen LogP) is 2.52. The fraction of sp³-hybridized carbons (Fsp3) is 0.627. The fourth-order valence-electron chi connectivity index (χ4n) is 14.8. The van der Waals surface area contributed by atoms with Gasteiger partial charge in [0.15, 0.2) is 17.7 Å². The van der Waals surface area contributed by atoms with Crippen molar-refractivity contribution in [2.24, 2.45) is 94.7 Å². The molecule has 0 aliphatic carbocycles. The molecule has 0 saturated carbocycles. The summed E-state index contributed by atoms with van der Waals surface area (Å²) in [6, 6.07) is -0.972. The molecular formula is C59H85CoN16O14P+. The maximum absolute atomic E-state index is 13.9. The Kier molecular flexibility index (Phi) is 20.7. The first kappa shape index (κ1) is 71.6. The van der Waals surface area contributed by atoms with Crippen LogP contribution in [0.4, 0.5) is 5.82 Å². The molecule has 7 amide bonds. The van der Waals surface area contributed by atoms with Crippen LogP contribution in [0.2, 0.25) is 0 Å².